The van der Waals surface area contributed by atoms with Gasteiger partial charge < -0.3 is 0 Å². The summed E-state index contributed by atoms with van der Waals surface area (Å²) in [4.78, 5) is 24.3. The second-order valence-electron chi connectivity index (χ2n) is 5.95. The lowest BCUT2D eigenvalue weighted by molar-refractivity contribution is 0.601. The number of benzene rings is 2. The largest absolute Gasteiger partial charge is 0.330 e. The smallest absolute Gasteiger partial charge is 0.296 e. The Morgan fingerprint density at radius 1 is 1.00 bits per heavy atom. The van der Waals surface area contributed by atoms with Gasteiger partial charge in [-0.15, -0.1) is 0 Å². The van der Waals surface area contributed by atoms with Crippen LogP contribution in [0, 0.1) is 6.92 Å². The summed E-state index contributed by atoms with van der Waals surface area (Å²) in [5.74, 6) is 0. The number of rotatable bonds is 3. The fourth-order valence-corrected chi connectivity index (χ4v) is 4.32. The molecule has 0 radical (unpaired) electrons. The quantitative estimate of drug-likeness (QED) is 0.679. The Morgan fingerprint density at radius 3 is 2.35 bits per heavy atom. The molecule has 136 valence electrons. The van der Waals surface area contributed by atoms with E-state index in [-0.39, 0.29) is 10.3 Å². The summed E-state index contributed by atoms with van der Waals surface area (Å²) >= 11 is 3.33. The van der Waals surface area contributed by atoms with Crippen molar-refractivity contribution in [1.29, 1.82) is 0 Å². The highest BCUT2D eigenvalue weighted by molar-refractivity contribution is 9.10. The third kappa shape index (κ3) is 3.08. The number of nitrogens with zero attached hydrogens (tertiary/aromatic N) is 2. The molecule has 0 bridgehead atoms. The normalized spacial score (nSPS) is 11.7. The zero-order valence-corrected chi connectivity index (χ0v) is 16.7. The highest BCUT2D eigenvalue weighted by Crippen LogP contribution is 2.24. The average Bonchev–Trinajstić information content (AvgIpc) is 2.60. The predicted molar refractivity (Wildman–Crippen MR) is 104 cm³/mol. The van der Waals surface area contributed by atoms with Gasteiger partial charge in [-0.05, 0) is 48.9 Å². The van der Waals surface area contributed by atoms with Gasteiger partial charge in [0, 0.05) is 18.6 Å². The lowest BCUT2D eigenvalue weighted by Gasteiger charge is -2.12. The maximum absolute atomic E-state index is 12.7. The molecule has 0 aliphatic carbocycles. The molecule has 3 rings (SSSR count). The van der Waals surface area contributed by atoms with Crippen LogP contribution < -0.4 is 16.0 Å². The molecule has 7 nitrogen and oxygen atoms in total. The molecule has 1 N–H and O–H groups in total. The second-order valence-corrected chi connectivity index (χ2v) is 8.55. The van der Waals surface area contributed by atoms with Gasteiger partial charge in [-0.3, -0.25) is 18.7 Å². The molecule has 0 atom stereocenters. The van der Waals surface area contributed by atoms with Gasteiger partial charge in [0.2, 0.25) is 0 Å². The minimum Gasteiger partial charge on any atom is -0.296 e. The van der Waals surface area contributed by atoms with E-state index in [0.717, 1.165) is 14.6 Å². The monoisotopic (exact) mass is 437 g/mol. The van der Waals surface area contributed by atoms with Crippen molar-refractivity contribution in [2.75, 3.05) is 4.72 Å². The Balaban J connectivity index is 2.15. The minimum atomic E-state index is -3.89. The van der Waals surface area contributed by atoms with Crippen molar-refractivity contribution in [2.45, 2.75) is 11.8 Å². The molecule has 0 saturated carbocycles. The van der Waals surface area contributed by atoms with Crippen LogP contribution in [0.1, 0.15) is 5.56 Å². The molecule has 3 aromatic rings. The number of hydrogen-bond donors (Lipinski definition) is 1. The maximum Gasteiger partial charge on any atom is 0.330 e. The standard InChI is InChI=1S/C17H16BrN3O4S/c1-10-8-11(18)4-6-14(10)19-26(24,25)12-5-7-15-13(9-12)16(22)21(3)17(23)20(15)2/h4-9,19H,1-3H3. The number of aromatic nitrogens is 2. The molecular formula is C17H16BrN3O4S. The Kier molecular flexibility index (Phi) is 4.53. The van der Waals surface area contributed by atoms with E-state index in [9.17, 15) is 18.0 Å². The second kappa shape index (κ2) is 6.40. The fourth-order valence-electron chi connectivity index (χ4n) is 2.69. The highest BCUT2D eigenvalue weighted by Gasteiger charge is 2.18. The van der Waals surface area contributed by atoms with Crippen LogP contribution in [0.25, 0.3) is 10.9 Å². The van der Waals surface area contributed by atoms with Crippen molar-refractivity contribution < 1.29 is 8.42 Å². The number of anilines is 1. The van der Waals surface area contributed by atoms with E-state index in [2.05, 4.69) is 20.7 Å². The van der Waals surface area contributed by atoms with Gasteiger partial charge in [0.05, 0.1) is 21.5 Å². The van der Waals surface area contributed by atoms with Gasteiger partial charge in [0.1, 0.15) is 0 Å². The van der Waals surface area contributed by atoms with Crippen LogP contribution in [0.2, 0.25) is 0 Å². The number of sulfonamides is 1. The summed E-state index contributed by atoms with van der Waals surface area (Å²) in [6, 6.07) is 9.30. The van der Waals surface area contributed by atoms with Crippen LogP contribution >= 0.6 is 15.9 Å². The van der Waals surface area contributed by atoms with E-state index in [1.807, 2.05) is 0 Å². The first kappa shape index (κ1) is 18.4. The predicted octanol–water partition coefficient (Wildman–Crippen LogP) is 2.11. The SMILES string of the molecule is Cc1cc(Br)ccc1NS(=O)(=O)c1ccc2c(c1)c(=O)n(C)c(=O)n2C. The van der Waals surface area contributed by atoms with Gasteiger partial charge in [-0.2, -0.15) is 0 Å². The first-order valence-electron chi connectivity index (χ1n) is 7.60. The molecule has 2 aromatic carbocycles. The molecule has 26 heavy (non-hydrogen) atoms. The van der Waals surface area contributed by atoms with E-state index < -0.39 is 21.3 Å². The van der Waals surface area contributed by atoms with Crippen molar-refractivity contribution in [3.8, 4) is 0 Å². The number of hydrogen-bond acceptors (Lipinski definition) is 4. The summed E-state index contributed by atoms with van der Waals surface area (Å²) in [6.45, 7) is 1.79. The molecule has 0 fully saturated rings. The third-order valence-corrected chi connectivity index (χ3v) is 6.04. The summed E-state index contributed by atoms with van der Waals surface area (Å²) < 4.78 is 31.1. The number of halogens is 1. The summed E-state index contributed by atoms with van der Waals surface area (Å²) in [5, 5.41) is 0.157. The van der Waals surface area contributed by atoms with Gasteiger partial charge in [-0.25, -0.2) is 13.2 Å². The van der Waals surface area contributed by atoms with Gasteiger partial charge in [-0.1, -0.05) is 15.9 Å². The van der Waals surface area contributed by atoms with Gasteiger partial charge >= 0.3 is 5.69 Å². The van der Waals surface area contributed by atoms with Crippen molar-refractivity contribution in [1.82, 2.24) is 9.13 Å². The Labute approximate surface area is 158 Å². The van der Waals surface area contributed by atoms with Crippen LogP contribution in [0.5, 0.6) is 0 Å². The van der Waals surface area contributed by atoms with Gasteiger partial charge in [0.15, 0.2) is 0 Å². The molecule has 0 aliphatic heterocycles. The zero-order valence-electron chi connectivity index (χ0n) is 14.3. The van der Waals surface area contributed by atoms with Crippen LogP contribution in [-0.4, -0.2) is 17.6 Å². The van der Waals surface area contributed by atoms with E-state index in [0.29, 0.717) is 11.2 Å². The molecule has 0 amide bonds. The Bertz CT molecular complexity index is 1260. The third-order valence-electron chi connectivity index (χ3n) is 4.18. The minimum absolute atomic E-state index is 0.0527. The zero-order chi connectivity index (χ0) is 19.2. The highest BCUT2D eigenvalue weighted by atomic mass is 79.9. The lowest BCUT2D eigenvalue weighted by Crippen LogP contribution is -2.37. The van der Waals surface area contributed by atoms with Crippen molar-refractivity contribution in [3.63, 3.8) is 0 Å². The van der Waals surface area contributed by atoms with Crippen LogP contribution in [0.4, 0.5) is 5.69 Å². The molecule has 0 spiro atoms. The number of nitrogens with one attached hydrogen (secondary N) is 1. The molecule has 0 unspecified atom stereocenters. The summed E-state index contributed by atoms with van der Waals surface area (Å²) in [6.07, 6.45) is 0. The van der Waals surface area contributed by atoms with Crippen LogP contribution in [0.3, 0.4) is 0 Å². The van der Waals surface area contributed by atoms with Gasteiger partial charge in [0.25, 0.3) is 15.6 Å². The van der Waals surface area contributed by atoms with E-state index in [1.54, 1.807) is 25.1 Å². The number of aryl methyl sites for hydroxylation is 2. The van der Waals surface area contributed by atoms with Crippen molar-refractivity contribution >= 4 is 42.5 Å². The van der Waals surface area contributed by atoms with Crippen LogP contribution in [0.15, 0.2) is 55.4 Å². The topological polar surface area (TPSA) is 90.2 Å². The molecular weight excluding hydrogens is 422 g/mol. The molecule has 0 saturated heterocycles. The Hall–Kier alpha value is -2.39. The molecule has 1 heterocycles. The van der Waals surface area contributed by atoms with Crippen LogP contribution in [-0.2, 0) is 24.1 Å². The fraction of sp³-hybridized carbons (Fsp3) is 0.176. The maximum atomic E-state index is 12.7. The average molecular weight is 438 g/mol. The van der Waals surface area contributed by atoms with Crippen molar-refractivity contribution in [3.05, 3.63) is 67.3 Å². The molecule has 9 heteroatoms. The van der Waals surface area contributed by atoms with Crippen molar-refractivity contribution in [2.24, 2.45) is 14.1 Å². The summed E-state index contributed by atoms with van der Waals surface area (Å²) in [5.41, 5.74) is 0.558. The molecule has 0 aliphatic rings. The van der Waals surface area contributed by atoms with E-state index in [1.165, 1.54) is 36.9 Å². The molecule has 1 aromatic heterocycles. The Morgan fingerprint density at radius 2 is 1.69 bits per heavy atom. The first-order chi connectivity index (χ1) is 12.1. The van der Waals surface area contributed by atoms with E-state index >= 15 is 0 Å². The van der Waals surface area contributed by atoms with E-state index in [4.69, 9.17) is 0 Å². The first-order valence-corrected chi connectivity index (χ1v) is 9.88. The lowest BCUT2D eigenvalue weighted by atomic mass is 10.2. The summed E-state index contributed by atoms with van der Waals surface area (Å²) in [7, 11) is -1.01. The number of fused-ring (bicyclic) bond motifs is 1.